The molecule has 0 aromatic heterocycles. The predicted octanol–water partition coefficient (Wildman–Crippen LogP) is 0.748. The zero-order valence-electron chi connectivity index (χ0n) is 7.23. The van der Waals surface area contributed by atoms with E-state index in [2.05, 4.69) is 0 Å². The number of nitro groups is 2. The van der Waals surface area contributed by atoms with Gasteiger partial charge in [0.05, 0.1) is 5.56 Å². The van der Waals surface area contributed by atoms with Crippen molar-refractivity contribution in [2.75, 3.05) is 5.12 Å². The molecule has 0 heterocycles. The van der Waals surface area contributed by atoms with Crippen LogP contribution in [0.5, 0.6) is 0 Å². The van der Waals surface area contributed by atoms with Gasteiger partial charge < -0.3 is 0 Å². The van der Waals surface area contributed by atoms with Crippen LogP contribution in [0.25, 0.3) is 0 Å². The van der Waals surface area contributed by atoms with Gasteiger partial charge in [-0.1, -0.05) is 12.1 Å². The highest BCUT2D eigenvalue weighted by Crippen LogP contribution is 2.19. The van der Waals surface area contributed by atoms with Crippen LogP contribution in [0.4, 0.5) is 5.69 Å². The summed E-state index contributed by atoms with van der Waals surface area (Å²) in [5.74, 6) is 0. The Morgan fingerprint density at radius 2 is 1.73 bits per heavy atom. The zero-order chi connectivity index (χ0) is 11.4. The summed E-state index contributed by atoms with van der Waals surface area (Å²) in [6, 6.07) is 6.85. The molecule has 1 rings (SSSR count). The fraction of sp³-hybridized carbons (Fsp3) is 0. The third-order valence-corrected chi connectivity index (χ3v) is 1.55. The number of hydrazine groups is 2. The van der Waals surface area contributed by atoms with Gasteiger partial charge in [-0.05, 0) is 12.1 Å². The molecule has 0 radical (unpaired) electrons. The van der Waals surface area contributed by atoms with E-state index >= 15 is 0 Å². The Balaban J connectivity index is 3.30. The Kier molecular flexibility index (Phi) is 2.78. The van der Waals surface area contributed by atoms with Crippen LogP contribution >= 0.6 is 0 Å². The SMILES string of the molecule is N#Cc1ccccc1N([N+](=O)[O-])[N+](=O)[O-]. The van der Waals surface area contributed by atoms with Crippen molar-refractivity contribution in [2.24, 2.45) is 0 Å². The maximum Gasteiger partial charge on any atom is 0.228 e. The number of benzene rings is 1. The van der Waals surface area contributed by atoms with E-state index in [0.29, 0.717) is 0 Å². The van der Waals surface area contributed by atoms with Gasteiger partial charge in [0.1, 0.15) is 6.07 Å². The van der Waals surface area contributed by atoms with Crippen molar-refractivity contribution in [1.82, 2.24) is 0 Å². The summed E-state index contributed by atoms with van der Waals surface area (Å²) in [4.78, 5) is 20.8. The molecule has 15 heavy (non-hydrogen) atoms. The molecular weight excluding hydrogens is 204 g/mol. The van der Waals surface area contributed by atoms with Gasteiger partial charge in [-0.15, -0.1) is 0 Å². The lowest BCUT2D eigenvalue weighted by atomic mass is 10.2. The van der Waals surface area contributed by atoms with Gasteiger partial charge in [-0.2, -0.15) is 5.26 Å². The van der Waals surface area contributed by atoms with E-state index in [1.165, 1.54) is 18.2 Å². The topological polar surface area (TPSA) is 113 Å². The van der Waals surface area contributed by atoms with E-state index in [4.69, 9.17) is 5.26 Å². The molecule has 76 valence electrons. The zero-order valence-corrected chi connectivity index (χ0v) is 7.23. The van der Waals surface area contributed by atoms with Gasteiger partial charge in [0.25, 0.3) is 0 Å². The minimum Gasteiger partial charge on any atom is -0.230 e. The number of rotatable bonds is 3. The van der Waals surface area contributed by atoms with Crippen molar-refractivity contribution in [3.63, 3.8) is 0 Å². The van der Waals surface area contributed by atoms with E-state index in [-0.39, 0.29) is 16.4 Å². The Morgan fingerprint density at radius 3 is 2.20 bits per heavy atom. The second-order valence-corrected chi connectivity index (χ2v) is 2.39. The van der Waals surface area contributed by atoms with Crippen LogP contribution in [0.1, 0.15) is 5.56 Å². The first-order valence-electron chi connectivity index (χ1n) is 3.65. The Hall–Kier alpha value is -2.69. The van der Waals surface area contributed by atoms with Crippen LogP contribution in [0.15, 0.2) is 24.3 Å². The maximum absolute atomic E-state index is 10.4. The van der Waals surface area contributed by atoms with Crippen molar-refractivity contribution in [3.05, 3.63) is 50.1 Å². The quantitative estimate of drug-likeness (QED) is 0.534. The number of nitriles is 1. The molecule has 0 bridgehead atoms. The Morgan fingerprint density at radius 1 is 1.20 bits per heavy atom. The summed E-state index contributed by atoms with van der Waals surface area (Å²) in [5, 5.41) is 26.7. The van der Waals surface area contributed by atoms with E-state index in [1.807, 2.05) is 0 Å². The molecule has 0 spiro atoms. The monoisotopic (exact) mass is 208 g/mol. The third kappa shape index (κ3) is 1.97. The smallest absolute Gasteiger partial charge is 0.228 e. The number of anilines is 1. The number of nitrogens with zero attached hydrogens (tertiary/aromatic N) is 4. The standard InChI is InChI=1S/C7H4N4O4/c8-5-6-3-1-2-4-7(6)9(10(12)13)11(14)15/h1-4H. The lowest BCUT2D eigenvalue weighted by Crippen LogP contribution is -2.36. The first-order chi connectivity index (χ1) is 7.07. The molecule has 0 aliphatic rings. The molecular formula is C7H4N4O4. The normalized spacial score (nSPS) is 9.00. The van der Waals surface area contributed by atoms with Gasteiger partial charge >= 0.3 is 0 Å². The fourth-order valence-electron chi connectivity index (χ4n) is 0.978. The van der Waals surface area contributed by atoms with Crippen LogP contribution in [-0.4, -0.2) is 10.1 Å². The second kappa shape index (κ2) is 4.01. The molecule has 0 N–H and O–H groups in total. The summed E-state index contributed by atoms with van der Waals surface area (Å²) >= 11 is 0. The Labute approximate surface area is 83.2 Å². The molecule has 0 fully saturated rings. The summed E-state index contributed by atoms with van der Waals surface area (Å²) in [5.41, 5.74) is -0.499. The molecule has 8 nitrogen and oxygen atoms in total. The highest BCUT2D eigenvalue weighted by molar-refractivity contribution is 5.55. The van der Waals surface area contributed by atoms with Crippen molar-refractivity contribution in [3.8, 4) is 6.07 Å². The average molecular weight is 208 g/mol. The van der Waals surface area contributed by atoms with Crippen molar-refractivity contribution in [2.45, 2.75) is 0 Å². The summed E-state index contributed by atoms with van der Waals surface area (Å²) in [6.07, 6.45) is 0. The van der Waals surface area contributed by atoms with E-state index in [1.54, 1.807) is 6.07 Å². The number of hydrogen-bond donors (Lipinski definition) is 0. The van der Waals surface area contributed by atoms with E-state index in [0.717, 1.165) is 6.07 Å². The van der Waals surface area contributed by atoms with Crippen LogP contribution in [0.2, 0.25) is 0 Å². The highest BCUT2D eigenvalue weighted by Gasteiger charge is 2.32. The molecule has 0 aliphatic heterocycles. The molecule has 0 saturated carbocycles. The maximum atomic E-state index is 10.4. The number of hydrogen-bond acceptors (Lipinski definition) is 5. The van der Waals surface area contributed by atoms with Crippen LogP contribution in [-0.2, 0) is 0 Å². The summed E-state index contributed by atoms with van der Waals surface area (Å²) < 4.78 is 0. The van der Waals surface area contributed by atoms with Crippen molar-refractivity contribution in [1.29, 1.82) is 5.26 Å². The Bertz CT molecular complexity index is 439. The molecule has 0 atom stereocenters. The van der Waals surface area contributed by atoms with Crippen LogP contribution < -0.4 is 5.12 Å². The van der Waals surface area contributed by atoms with E-state index in [9.17, 15) is 20.2 Å². The third-order valence-electron chi connectivity index (χ3n) is 1.55. The predicted molar refractivity (Wildman–Crippen MR) is 47.6 cm³/mol. The largest absolute Gasteiger partial charge is 0.230 e. The van der Waals surface area contributed by atoms with Gasteiger partial charge in [0.15, 0.2) is 5.69 Å². The van der Waals surface area contributed by atoms with Gasteiger partial charge in [-0.25, -0.2) is 20.2 Å². The first-order valence-corrected chi connectivity index (χ1v) is 3.65. The lowest BCUT2D eigenvalue weighted by molar-refractivity contribution is -0.711. The molecule has 1 aromatic rings. The average Bonchev–Trinajstić information content (AvgIpc) is 2.17. The molecule has 1 aromatic carbocycles. The summed E-state index contributed by atoms with van der Waals surface area (Å²) in [7, 11) is 0. The van der Waals surface area contributed by atoms with Gasteiger partial charge in [-0.3, -0.25) is 0 Å². The number of para-hydroxylation sites is 1. The van der Waals surface area contributed by atoms with Gasteiger partial charge in [0, 0.05) is 0 Å². The molecule has 8 heteroatoms. The highest BCUT2D eigenvalue weighted by atomic mass is 16.8. The second-order valence-electron chi connectivity index (χ2n) is 2.39. The minimum absolute atomic E-state index is 0.133. The van der Waals surface area contributed by atoms with Crippen LogP contribution in [0.3, 0.4) is 0 Å². The molecule has 0 aliphatic carbocycles. The summed E-state index contributed by atoms with van der Waals surface area (Å²) in [6.45, 7) is 0. The first kappa shape index (κ1) is 10.4. The molecule has 0 unspecified atom stereocenters. The van der Waals surface area contributed by atoms with E-state index < -0.39 is 10.1 Å². The van der Waals surface area contributed by atoms with Gasteiger partial charge in [0.2, 0.25) is 15.2 Å². The molecule has 0 amide bonds. The van der Waals surface area contributed by atoms with Crippen LogP contribution in [0, 0.1) is 31.6 Å². The van der Waals surface area contributed by atoms with Crippen molar-refractivity contribution < 1.29 is 10.1 Å². The van der Waals surface area contributed by atoms with Crippen molar-refractivity contribution >= 4 is 5.69 Å². The molecule has 0 saturated heterocycles. The fourth-order valence-corrected chi connectivity index (χ4v) is 0.978. The lowest BCUT2D eigenvalue weighted by Gasteiger charge is -2.03. The minimum atomic E-state index is -1.20.